The molecule has 3 atom stereocenters. The molecule has 0 saturated heterocycles. The van der Waals surface area contributed by atoms with E-state index in [0.717, 1.165) is 23.7 Å². The van der Waals surface area contributed by atoms with Gasteiger partial charge in [0.25, 0.3) is 0 Å². The molecular formula is C24H38O2. The molecule has 1 fully saturated rings. The highest BCUT2D eigenvalue weighted by Gasteiger charge is 2.47. The molecule has 1 heterocycles. The number of hydrogen-bond donors (Lipinski definition) is 1. The van der Waals surface area contributed by atoms with Crippen LogP contribution in [0.25, 0.3) is 0 Å². The minimum atomic E-state index is -0.136. The maximum Gasteiger partial charge on any atom is 0.127 e. The first kappa shape index (κ1) is 19.6. The van der Waals surface area contributed by atoms with Crippen LogP contribution < -0.4 is 4.74 Å². The fourth-order valence-corrected chi connectivity index (χ4v) is 5.27. The first-order valence-corrected chi connectivity index (χ1v) is 11.0. The van der Waals surface area contributed by atoms with Crippen LogP contribution in [-0.4, -0.2) is 10.7 Å². The topological polar surface area (TPSA) is 29.5 Å². The normalized spacial score (nSPS) is 26.7. The van der Waals surface area contributed by atoms with Crippen molar-refractivity contribution in [2.75, 3.05) is 0 Å². The minimum absolute atomic E-state index is 0.136. The quantitative estimate of drug-likeness (QED) is 0.532. The average Bonchev–Trinajstić information content (AvgIpc) is 2.56. The zero-order valence-corrected chi connectivity index (χ0v) is 17.3. The van der Waals surface area contributed by atoms with Gasteiger partial charge in [0.05, 0.1) is 0 Å². The Kier molecular flexibility index (Phi) is 6.20. The largest absolute Gasteiger partial charge is 0.508 e. The molecule has 0 radical (unpaired) electrons. The van der Waals surface area contributed by atoms with Crippen LogP contribution in [-0.2, 0) is 6.42 Å². The van der Waals surface area contributed by atoms with Gasteiger partial charge in [-0.15, -0.1) is 0 Å². The number of phenolic OH excluding ortho intramolecular Hbond substituents is 1. The van der Waals surface area contributed by atoms with Gasteiger partial charge in [0, 0.05) is 11.5 Å². The Labute approximate surface area is 160 Å². The van der Waals surface area contributed by atoms with E-state index in [1.165, 1.54) is 63.4 Å². The lowest BCUT2D eigenvalue weighted by atomic mass is 9.64. The summed E-state index contributed by atoms with van der Waals surface area (Å²) in [5.74, 6) is 3.12. The van der Waals surface area contributed by atoms with E-state index in [2.05, 4.69) is 33.8 Å². The van der Waals surface area contributed by atoms with E-state index in [4.69, 9.17) is 4.74 Å². The maximum atomic E-state index is 10.8. The highest BCUT2D eigenvalue weighted by molar-refractivity contribution is 5.52. The van der Waals surface area contributed by atoms with Crippen LogP contribution in [0.1, 0.15) is 103 Å². The van der Waals surface area contributed by atoms with Crippen LogP contribution in [0.15, 0.2) is 12.1 Å². The van der Waals surface area contributed by atoms with Crippen molar-refractivity contribution in [3.05, 3.63) is 23.3 Å². The Bertz CT molecular complexity index is 604. The molecule has 3 rings (SSSR count). The zero-order chi connectivity index (χ0) is 18.7. The number of benzene rings is 1. The summed E-state index contributed by atoms with van der Waals surface area (Å²) in [4.78, 5) is 0. The molecular weight excluding hydrogens is 320 g/mol. The predicted octanol–water partition coefficient (Wildman–Crippen LogP) is 6.99. The van der Waals surface area contributed by atoms with Crippen LogP contribution in [0.3, 0.4) is 0 Å². The van der Waals surface area contributed by atoms with Crippen molar-refractivity contribution in [3.8, 4) is 11.5 Å². The van der Waals surface area contributed by atoms with E-state index >= 15 is 0 Å². The summed E-state index contributed by atoms with van der Waals surface area (Å²) in [5, 5.41) is 10.8. The van der Waals surface area contributed by atoms with Gasteiger partial charge in [0.1, 0.15) is 17.1 Å². The first-order valence-electron chi connectivity index (χ1n) is 11.0. The number of aromatic hydroxyl groups is 1. The molecule has 2 nitrogen and oxygen atoms in total. The van der Waals surface area contributed by atoms with Crippen molar-refractivity contribution < 1.29 is 9.84 Å². The van der Waals surface area contributed by atoms with Gasteiger partial charge < -0.3 is 9.84 Å². The van der Waals surface area contributed by atoms with Crippen LogP contribution in [0, 0.1) is 11.8 Å². The fraction of sp³-hybridized carbons (Fsp3) is 0.750. The Hall–Kier alpha value is -1.18. The van der Waals surface area contributed by atoms with Crippen molar-refractivity contribution in [1.82, 2.24) is 0 Å². The van der Waals surface area contributed by atoms with Crippen molar-refractivity contribution in [3.63, 3.8) is 0 Å². The lowest BCUT2D eigenvalue weighted by Gasteiger charge is -2.48. The van der Waals surface area contributed by atoms with E-state index in [-0.39, 0.29) is 5.60 Å². The molecule has 0 bridgehead atoms. The average molecular weight is 359 g/mol. The van der Waals surface area contributed by atoms with E-state index in [9.17, 15) is 5.11 Å². The molecule has 1 N–H and O–H groups in total. The fourth-order valence-electron chi connectivity index (χ4n) is 5.27. The molecule has 146 valence electrons. The van der Waals surface area contributed by atoms with Crippen molar-refractivity contribution in [2.24, 2.45) is 11.8 Å². The van der Waals surface area contributed by atoms with Crippen LogP contribution in [0.4, 0.5) is 0 Å². The highest BCUT2D eigenvalue weighted by Crippen LogP contribution is 2.55. The van der Waals surface area contributed by atoms with Gasteiger partial charge in [-0.3, -0.25) is 0 Å². The number of unbranched alkanes of at least 4 members (excludes halogenated alkanes) is 5. The second-order valence-electron chi connectivity index (χ2n) is 9.38. The molecule has 1 aliphatic heterocycles. The molecule has 1 aromatic rings. The van der Waals surface area contributed by atoms with Crippen molar-refractivity contribution >= 4 is 0 Å². The molecule has 1 aliphatic carbocycles. The Morgan fingerprint density at radius 1 is 1.08 bits per heavy atom. The van der Waals surface area contributed by atoms with Gasteiger partial charge in [-0.2, -0.15) is 0 Å². The lowest BCUT2D eigenvalue weighted by Crippen LogP contribution is -2.46. The van der Waals surface area contributed by atoms with Gasteiger partial charge in [-0.1, -0.05) is 52.4 Å². The third-order valence-corrected chi connectivity index (χ3v) is 6.75. The molecule has 0 aromatic heterocycles. The first-order chi connectivity index (χ1) is 12.4. The summed E-state index contributed by atoms with van der Waals surface area (Å²) in [6.45, 7) is 9.08. The number of hydrogen-bond acceptors (Lipinski definition) is 2. The summed E-state index contributed by atoms with van der Waals surface area (Å²) < 4.78 is 6.44. The molecule has 26 heavy (non-hydrogen) atoms. The number of ether oxygens (including phenoxy) is 1. The SMILES string of the molecule is CCCCCCCCc1cc(O)c2c(c1)OC(C)(C)[C@@H]1CCC(C)C[C@@H]21. The molecule has 2 aliphatic rings. The summed E-state index contributed by atoms with van der Waals surface area (Å²) in [6, 6.07) is 4.24. The van der Waals surface area contributed by atoms with Gasteiger partial charge in [0.15, 0.2) is 0 Å². The number of rotatable bonds is 7. The van der Waals surface area contributed by atoms with Gasteiger partial charge in [0.2, 0.25) is 0 Å². The molecule has 1 saturated carbocycles. The molecule has 0 amide bonds. The lowest BCUT2D eigenvalue weighted by molar-refractivity contribution is -0.0145. The summed E-state index contributed by atoms with van der Waals surface area (Å²) >= 11 is 0. The smallest absolute Gasteiger partial charge is 0.127 e. The van der Waals surface area contributed by atoms with Crippen LogP contribution in [0.5, 0.6) is 11.5 Å². The van der Waals surface area contributed by atoms with Crippen LogP contribution in [0.2, 0.25) is 0 Å². The summed E-state index contributed by atoms with van der Waals surface area (Å²) in [7, 11) is 0. The van der Waals surface area contributed by atoms with Crippen molar-refractivity contribution in [1.29, 1.82) is 0 Å². The second-order valence-corrected chi connectivity index (χ2v) is 9.38. The molecule has 1 unspecified atom stereocenters. The molecule has 0 spiro atoms. The summed E-state index contributed by atoms with van der Waals surface area (Å²) in [6.07, 6.45) is 12.5. The third-order valence-electron chi connectivity index (χ3n) is 6.75. The van der Waals surface area contributed by atoms with Gasteiger partial charge in [-0.05, 0) is 69.1 Å². The second kappa shape index (κ2) is 8.23. The van der Waals surface area contributed by atoms with Crippen LogP contribution >= 0.6 is 0 Å². The minimum Gasteiger partial charge on any atom is -0.508 e. The standard InChI is InChI=1S/C24H38O2/c1-5-6-7-8-9-10-11-18-15-21(25)23-19-14-17(2)12-13-20(19)24(3,4)26-22(23)16-18/h15-17,19-20,25H,5-14H2,1-4H3/t17?,19-,20-/m1/s1. The Morgan fingerprint density at radius 3 is 2.58 bits per heavy atom. The molecule has 1 aromatic carbocycles. The third kappa shape index (κ3) is 4.21. The predicted molar refractivity (Wildman–Crippen MR) is 109 cm³/mol. The highest BCUT2D eigenvalue weighted by atomic mass is 16.5. The Balaban J connectivity index is 1.73. The summed E-state index contributed by atoms with van der Waals surface area (Å²) in [5.41, 5.74) is 2.19. The van der Waals surface area contributed by atoms with Gasteiger partial charge in [-0.25, -0.2) is 0 Å². The van der Waals surface area contributed by atoms with Crippen molar-refractivity contribution in [2.45, 2.75) is 103 Å². The monoisotopic (exact) mass is 358 g/mol. The van der Waals surface area contributed by atoms with E-state index in [1.54, 1.807) is 0 Å². The van der Waals surface area contributed by atoms with E-state index in [0.29, 0.717) is 17.6 Å². The van der Waals surface area contributed by atoms with Gasteiger partial charge >= 0.3 is 0 Å². The maximum absolute atomic E-state index is 10.8. The van der Waals surface area contributed by atoms with E-state index in [1.807, 2.05) is 6.07 Å². The Morgan fingerprint density at radius 2 is 1.81 bits per heavy atom. The van der Waals surface area contributed by atoms with E-state index < -0.39 is 0 Å². The zero-order valence-electron chi connectivity index (χ0n) is 17.3. The molecule has 2 heteroatoms. The number of phenols is 1. The number of fused-ring (bicyclic) bond motifs is 3. The number of aryl methyl sites for hydroxylation is 1.